The SMILES string of the molecule is O=C(Nc1ccccc1Cl)[C@@H]1CCCN1C(=O)NC1C[C@H]2CC[C@H](C1)N2Cc1ccc2cc(F)ccc2c1. The topological polar surface area (TPSA) is 64.7 Å². The zero-order valence-corrected chi connectivity index (χ0v) is 22.0. The van der Waals surface area contributed by atoms with E-state index in [1.807, 2.05) is 24.3 Å². The summed E-state index contributed by atoms with van der Waals surface area (Å²) in [7, 11) is 0. The fraction of sp³-hybridized carbons (Fsp3) is 0.400. The third-order valence-corrected chi connectivity index (χ3v) is 8.72. The molecule has 3 fully saturated rings. The number of hydrogen-bond acceptors (Lipinski definition) is 3. The molecule has 3 amide bonds. The molecule has 0 unspecified atom stereocenters. The van der Waals surface area contributed by atoms with Gasteiger partial charge in [0, 0.05) is 31.2 Å². The van der Waals surface area contributed by atoms with Crippen LogP contribution in [0.4, 0.5) is 14.9 Å². The van der Waals surface area contributed by atoms with Gasteiger partial charge in [0.1, 0.15) is 11.9 Å². The van der Waals surface area contributed by atoms with Gasteiger partial charge in [-0.1, -0.05) is 41.9 Å². The summed E-state index contributed by atoms with van der Waals surface area (Å²) in [5, 5.41) is 8.59. The zero-order chi connectivity index (χ0) is 26.2. The highest BCUT2D eigenvalue weighted by molar-refractivity contribution is 6.33. The number of urea groups is 1. The monoisotopic (exact) mass is 534 g/mol. The van der Waals surface area contributed by atoms with E-state index in [2.05, 4.69) is 27.7 Å². The number of amides is 3. The Morgan fingerprint density at radius 1 is 0.947 bits per heavy atom. The van der Waals surface area contributed by atoms with Crippen LogP contribution in [0.3, 0.4) is 0 Å². The second kappa shape index (κ2) is 10.5. The predicted octanol–water partition coefficient (Wildman–Crippen LogP) is 5.94. The Morgan fingerprint density at radius 3 is 2.47 bits per heavy atom. The van der Waals surface area contributed by atoms with Crippen molar-refractivity contribution in [2.75, 3.05) is 11.9 Å². The van der Waals surface area contributed by atoms with Gasteiger partial charge in [0.2, 0.25) is 5.91 Å². The number of rotatable bonds is 5. The van der Waals surface area contributed by atoms with Crippen LogP contribution >= 0.6 is 11.6 Å². The Morgan fingerprint density at radius 2 is 1.68 bits per heavy atom. The van der Waals surface area contributed by atoms with Crippen LogP contribution < -0.4 is 10.6 Å². The maximum atomic E-state index is 13.5. The van der Waals surface area contributed by atoms with Gasteiger partial charge in [0.05, 0.1) is 10.7 Å². The molecule has 0 aromatic heterocycles. The lowest BCUT2D eigenvalue weighted by molar-refractivity contribution is -0.119. The fourth-order valence-corrected chi connectivity index (χ4v) is 6.73. The van der Waals surface area contributed by atoms with E-state index in [9.17, 15) is 14.0 Å². The first-order valence-electron chi connectivity index (χ1n) is 13.5. The quantitative estimate of drug-likeness (QED) is 0.426. The Bertz CT molecular complexity index is 1350. The molecule has 198 valence electrons. The Hall–Kier alpha value is -3.16. The van der Waals surface area contributed by atoms with Crippen LogP contribution in [0.15, 0.2) is 60.7 Å². The predicted molar refractivity (Wildman–Crippen MR) is 148 cm³/mol. The van der Waals surface area contributed by atoms with Crippen molar-refractivity contribution in [3.8, 4) is 0 Å². The minimum absolute atomic E-state index is 0.101. The van der Waals surface area contributed by atoms with Gasteiger partial charge in [0.15, 0.2) is 0 Å². The van der Waals surface area contributed by atoms with Gasteiger partial charge < -0.3 is 15.5 Å². The van der Waals surface area contributed by atoms with Gasteiger partial charge >= 0.3 is 6.03 Å². The van der Waals surface area contributed by atoms with Gasteiger partial charge in [-0.05, 0) is 85.2 Å². The number of carbonyl (C=O) groups excluding carboxylic acids is 2. The lowest BCUT2D eigenvalue weighted by Crippen LogP contribution is -2.54. The molecular formula is C30H32ClFN4O2. The number of halogens is 2. The molecule has 3 aromatic carbocycles. The summed E-state index contributed by atoms with van der Waals surface area (Å²) in [5.74, 6) is -0.410. The van der Waals surface area contributed by atoms with E-state index in [1.54, 1.807) is 23.1 Å². The second-order valence-corrected chi connectivity index (χ2v) is 11.2. The number of nitrogens with zero attached hydrogens (tertiary/aromatic N) is 2. The minimum Gasteiger partial charge on any atom is -0.335 e. The molecule has 3 saturated heterocycles. The first kappa shape index (κ1) is 25.1. The number of piperidine rings is 1. The van der Waals surface area contributed by atoms with Crippen molar-refractivity contribution < 1.29 is 14.0 Å². The summed E-state index contributed by atoms with van der Waals surface area (Å²) in [4.78, 5) is 30.5. The Kier molecular flexibility index (Phi) is 6.97. The minimum atomic E-state index is -0.496. The van der Waals surface area contributed by atoms with Crippen molar-refractivity contribution in [2.24, 2.45) is 0 Å². The van der Waals surface area contributed by atoms with Crippen LogP contribution in [-0.2, 0) is 11.3 Å². The average Bonchev–Trinajstić information content (AvgIpc) is 3.48. The summed E-state index contributed by atoms with van der Waals surface area (Å²) >= 11 is 6.20. The number of para-hydroxylation sites is 1. The normalized spacial score (nSPS) is 25.1. The number of hydrogen-bond donors (Lipinski definition) is 2. The number of likely N-dealkylation sites (tertiary alicyclic amines) is 1. The van der Waals surface area contributed by atoms with Crippen LogP contribution in [0.5, 0.6) is 0 Å². The number of nitrogens with one attached hydrogen (secondary N) is 2. The lowest BCUT2D eigenvalue weighted by atomic mass is 9.96. The first-order chi connectivity index (χ1) is 18.4. The van der Waals surface area contributed by atoms with Crippen molar-refractivity contribution in [1.82, 2.24) is 15.1 Å². The van der Waals surface area contributed by atoms with Crippen LogP contribution in [0.25, 0.3) is 10.8 Å². The highest BCUT2D eigenvalue weighted by Crippen LogP contribution is 2.37. The maximum absolute atomic E-state index is 13.5. The highest BCUT2D eigenvalue weighted by atomic mass is 35.5. The molecule has 2 N–H and O–H groups in total. The van der Waals surface area contributed by atoms with Crippen LogP contribution in [0.2, 0.25) is 5.02 Å². The number of carbonyl (C=O) groups is 2. The molecule has 0 radical (unpaired) electrons. The van der Waals surface area contributed by atoms with E-state index in [0.29, 0.717) is 35.8 Å². The third-order valence-electron chi connectivity index (χ3n) is 8.39. The van der Waals surface area contributed by atoms with Crippen LogP contribution in [-0.4, -0.2) is 52.5 Å². The van der Waals surface area contributed by atoms with Gasteiger partial charge in [-0.3, -0.25) is 9.69 Å². The van der Waals surface area contributed by atoms with Gasteiger partial charge in [0.25, 0.3) is 0 Å². The van der Waals surface area contributed by atoms with E-state index in [4.69, 9.17) is 11.6 Å². The molecule has 3 atom stereocenters. The van der Waals surface area contributed by atoms with Crippen LogP contribution in [0.1, 0.15) is 44.1 Å². The molecule has 3 aliphatic rings. The number of anilines is 1. The largest absolute Gasteiger partial charge is 0.335 e. The fourth-order valence-electron chi connectivity index (χ4n) is 6.54. The first-order valence-corrected chi connectivity index (χ1v) is 13.9. The Balaban J connectivity index is 1.06. The van der Waals surface area contributed by atoms with E-state index < -0.39 is 6.04 Å². The van der Waals surface area contributed by atoms with Crippen molar-refractivity contribution in [1.29, 1.82) is 0 Å². The van der Waals surface area contributed by atoms with Crippen molar-refractivity contribution in [2.45, 2.75) is 69.2 Å². The van der Waals surface area contributed by atoms with Crippen molar-refractivity contribution in [3.05, 3.63) is 77.1 Å². The average molecular weight is 535 g/mol. The molecular weight excluding hydrogens is 503 g/mol. The maximum Gasteiger partial charge on any atom is 0.318 e. The van der Waals surface area contributed by atoms with Crippen LogP contribution in [0, 0.1) is 5.82 Å². The molecule has 6 rings (SSSR count). The van der Waals surface area contributed by atoms with Gasteiger partial charge in [-0.25, -0.2) is 9.18 Å². The van der Waals surface area contributed by atoms with E-state index in [1.165, 1.54) is 11.6 Å². The summed E-state index contributed by atoms with van der Waals surface area (Å²) in [6.07, 6.45) is 5.52. The molecule has 0 spiro atoms. The standard InChI is InChI=1S/C30H32ClFN4O2/c31-26-4-1-2-5-27(26)34-29(37)28-6-3-13-35(28)30(38)33-23-16-24-11-12-25(17-23)36(24)18-19-7-8-21-15-22(32)10-9-20(21)14-19/h1-2,4-5,7-10,14-15,23-25,28H,3,6,11-13,16-18H2,(H,33,38)(H,34,37)/t24-,25-,28+/m1/s1. The van der Waals surface area contributed by atoms with Crippen molar-refractivity contribution in [3.63, 3.8) is 0 Å². The number of benzene rings is 3. The van der Waals surface area contributed by atoms with E-state index in [-0.39, 0.29) is 23.8 Å². The van der Waals surface area contributed by atoms with E-state index in [0.717, 1.165) is 49.4 Å². The molecule has 6 nitrogen and oxygen atoms in total. The molecule has 3 heterocycles. The molecule has 3 aromatic rings. The molecule has 38 heavy (non-hydrogen) atoms. The molecule has 8 heteroatoms. The summed E-state index contributed by atoms with van der Waals surface area (Å²) < 4.78 is 13.5. The third kappa shape index (κ3) is 5.09. The van der Waals surface area contributed by atoms with Crippen molar-refractivity contribution >= 4 is 40.0 Å². The molecule has 0 aliphatic carbocycles. The van der Waals surface area contributed by atoms with Gasteiger partial charge in [-0.15, -0.1) is 0 Å². The summed E-state index contributed by atoms with van der Waals surface area (Å²) in [5.41, 5.74) is 1.79. The number of fused-ring (bicyclic) bond motifs is 3. The molecule has 0 saturated carbocycles. The second-order valence-electron chi connectivity index (χ2n) is 10.8. The lowest BCUT2D eigenvalue weighted by Gasteiger charge is -2.40. The smallest absolute Gasteiger partial charge is 0.318 e. The summed E-state index contributed by atoms with van der Waals surface area (Å²) in [6.45, 7) is 1.43. The summed E-state index contributed by atoms with van der Waals surface area (Å²) in [6, 6.07) is 18.6. The molecule has 2 bridgehead atoms. The van der Waals surface area contributed by atoms with Gasteiger partial charge in [-0.2, -0.15) is 0 Å². The Labute approximate surface area is 227 Å². The van der Waals surface area contributed by atoms with E-state index >= 15 is 0 Å². The molecule has 3 aliphatic heterocycles. The highest BCUT2D eigenvalue weighted by Gasteiger charge is 2.42. The zero-order valence-electron chi connectivity index (χ0n) is 21.2.